The van der Waals surface area contributed by atoms with Crippen molar-refractivity contribution in [3.05, 3.63) is 42.5 Å². The zero-order valence-corrected chi connectivity index (χ0v) is 15.4. The standard InChI is InChI=1S/C20H31NO4/c1-4-9-17-10-7-8-11-19(17)25-16-18(22)15-21(13-5-2)14-12-20(23)24-6-3/h4,7-8,10-11,18,22H,1,5-6,9,12-16H2,2-3H3. The lowest BCUT2D eigenvalue weighted by Gasteiger charge is -2.24. The second-order valence-corrected chi connectivity index (χ2v) is 5.92. The van der Waals surface area contributed by atoms with Crippen LogP contribution in [-0.2, 0) is 16.0 Å². The summed E-state index contributed by atoms with van der Waals surface area (Å²) >= 11 is 0. The first-order valence-corrected chi connectivity index (χ1v) is 8.98. The first-order valence-electron chi connectivity index (χ1n) is 8.98. The lowest BCUT2D eigenvalue weighted by atomic mass is 10.1. The first-order chi connectivity index (χ1) is 12.1. The molecule has 1 rings (SSSR count). The minimum absolute atomic E-state index is 0.201. The molecule has 1 unspecified atom stereocenters. The van der Waals surface area contributed by atoms with Gasteiger partial charge in [-0.05, 0) is 37.9 Å². The van der Waals surface area contributed by atoms with E-state index in [2.05, 4.69) is 18.4 Å². The van der Waals surface area contributed by atoms with E-state index in [9.17, 15) is 9.90 Å². The number of aliphatic hydroxyl groups is 1. The van der Waals surface area contributed by atoms with Crippen LogP contribution < -0.4 is 4.74 Å². The van der Waals surface area contributed by atoms with E-state index >= 15 is 0 Å². The Hall–Kier alpha value is -1.85. The van der Waals surface area contributed by atoms with Crippen LogP contribution >= 0.6 is 0 Å². The number of hydrogen-bond acceptors (Lipinski definition) is 5. The number of para-hydroxylation sites is 1. The number of carbonyl (C=O) groups is 1. The lowest BCUT2D eigenvalue weighted by Crippen LogP contribution is -2.37. The van der Waals surface area contributed by atoms with Crippen molar-refractivity contribution in [2.24, 2.45) is 0 Å². The maximum absolute atomic E-state index is 11.5. The quantitative estimate of drug-likeness (QED) is 0.438. The summed E-state index contributed by atoms with van der Waals surface area (Å²) in [5.41, 5.74) is 1.05. The van der Waals surface area contributed by atoms with Crippen LogP contribution in [0.15, 0.2) is 36.9 Å². The van der Waals surface area contributed by atoms with Gasteiger partial charge in [0.05, 0.1) is 13.0 Å². The summed E-state index contributed by atoms with van der Waals surface area (Å²) in [4.78, 5) is 13.6. The second kappa shape index (κ2) is 12.5. The van der Waals surface area contributed by atoms with Gasteiger partial charge in [-0.3, -0.25) is 4.79 Å². The molecular weight excluding hydrogens is 318 g/mol. The smallest absolute Gasteiger partial charge is 0.307 e. The van der Waals surface area contributed by atoms with Gasteiger partial charge in [-0.2, -0.15) is 0 Å². The number of hydrogen-bond donors (Lipinski definition) is 1. The topological polar surface area (TPSA) is 59.0 Å². The van der Waals surface area contributed by atoms with Gasteiger partial charge < -0.3 is 19.5 Å². The van der Waals surface area contributed by atoms with Crippen LogP contribution in [-0.4, -0.2) is 54.9 Å². The molecule has 0 saturated heterocycles. The molecule has 0 radical (unpaired) electrons. The van der Waals surface area contributed by atoms with Crippen molar-refractivity contribution in [3.63, 3.8) is 0 Å². The first kappa shape index (κ1) is 21.2. The van der Waals surface area contributed by atoms with Gasteiger partial charge >= 0.3 is 5.97 Å². The van der Waals surface area contributed by atoms with Crippen LogP contribution in [0.4, 0.5) is 0 Å². The molecule has 1 aromatic carbocycles. The van der Waals surface area contributed by atoms with Gasteiger partial charge in [0, 0.05) is 13.1 Å². The molecule has 1 atom stereocenters. The summed E-state index contributed by atoms with van der Waals surface area (Å²) in [5, 5.41) is 10.3. The minimum atomic E-state index is -0.620. The zero-order chi connectivity index (χ0) is 18.5. The molecule has 0 amide bonds. The fourth-order valence-electron chi connectivity index (χ4n) is 2.60. The highest BCUT2D eigenvalue weighted by Crippen LogP contribution is 2.19. The summed E-state index contributed by atoms with van der Waals surface area (Å²) in [5.74, 6) is 0.572. The largest absolute Gasteiger partial charge is 0.491 e. The van der Waals surface area contributed by atoms with E-state index in [-0.39, 0.29) is 12.6 Å². The number of ether oxygens (including phenoxy) is 2. The van der Waals surface area contributed by atoms with Crippen molar-refractivity contribution in [2.75, 3.05) is 32.8 Å². The molecular formula is C20H31NO4. The van der Waals surface area contributed by atoms with Crippen LogP contribution in [0.2, 0.25) is 0 Å². The number of allylic oxidation sites excluding steroid dienone is 1. The Kier molecular flexibility index (Phi) is 10.6. The van der Waals surface area contributed by atoms with Crippen LogP contribution in [0.3, 0.4) is 0 Å². The molecule has 0 aliphatic rings. The molecule has 0 heterocycles. The average Bonchev–Trinajstić information content (AvgIpc) is 2.60. The maximum atomic E-state index is 11.5. The maximum Gasteiger partial charge on any atom is 0.307 e. The third kappa shape index (κ3) is 8.70. The molecule has 0 bridgehead atoms. The number of benzene rings is 1. The molecule has 25 heavy (non-hydrogen) atoms. The molecule has 0 saturated carbocycles. The molecule has 0 fully saturated rings. The van der Waals surface area contributed by atoms with Gasteiger partial charge in [-0.25, -0.2) is 0 Å². The van der Waals surface area contributed by atoms with E-state index in [1.165, 1.54) is 0 Å². The summed E-state index contributed by atoms with van der Waals surface area (Å²) in [6.07, 6.45) is 3.23. The van der Waals surface area contributed by atoms with Gasteiger partial charge in [-0.1, -0.05) is 31.2 Å². The highest BCUT2D eigenvalue weighted by Gasteiger charge is 2.14. The van der Waals surface area contributed by atoms with Gasteiger partial charge in [0.2, 0.25) is 0 Å². The third-order valence-electron chi connectivity index (χ3n) is 3.71. The molecule has 0 aromatic heterocycles. The Bertz CT molecular complexity index is 518. The normalized spacial score (nSPS) is 12.0. The summed E-state index contributed by atoms with van der Waals surface area (Å²) in [6.45, 7) is 10.1. The summed E-state index contributed by atoms with van der Waals surface area (Å²) in [6, 6.07) is 7.76. The van der Waals surface area contributed by atoms with Gasteiger partial charge in [0.15, 0.2) is 0 Å². The lowest BCUT2D eigenvalue weighted by molar-refractivity contribution is -0.143. The van der Waals surface area contributed by atoms with Crippen LogP contribution in [0.25, 0.3) is 0 Å². The highest BCUT2D eigenvalue weighted by atomic mass is 16.5. The zero-order valence-electron chi connectivity index (χ0n) is 15.4. The van der Waals surface area contributed by atoms with E-state index in [0.29, 0.717) is 26.1 Å². The predicted octanol–water partition coefficient (Wildman–Crippen LogP) is 2.82. The number of esters is 1. The molecule has 5 nitrogen and oxygen atoms in total. The minimum Gasteiger partial charge on any atom is -0.491 e. The van der Waals surface area contributed by atoms with Crippen molar-refractivity contribution in [1.82, 2.24) is 4.90 Å². The number of aliphatic hydroxyl groups excluding tert-OH is 1. The summed E-state index contributed by atoms with van der Waals surface area (Å²) < 4.78 is 10.7. The monoisotopic (exact) mass is 349 g/mol. The second-order valence-electron chi connectivity index (χ2n) is 5.92. The van der Waals surface area contributed by atoms with E-state index in [1.54, 1.807) is 6.92 Å². The Labute approximate surface area is 151 Å². The van der Waals surface area contributed by atoms with Crippen LogP contribution in [0, 0.1) is 0 Å². The fourth-order valence-corrected chi connectivity index (χ4v) is 2.60. The average molecular weight is 349 g/mol. The molecule has 1 N–H and O–H groups in total. The van der Waals surface area contributed by atoms with Crippen molar-refractivity contribution < 1.29 is 19.4 Å². The SMILES string of the molecule is C=CCc1ccccc1OCC(O)CN(CCC)CCC(=O)OCC. The van der Waals surface area contributed by atoms with Crippen molar-refractivity contribution in [2.45, 2.75) is 39.2 Å². The number of nitrogens with zero attached hydrogens (tertiary/aromatic N) is 1. The molecule has 140 valence electrons. The van der Waals surface area contributed by atoms with Gasteiger partial charge in [0.25, 0.3) is 0 Å². The van der Waals surface area contributed by atoms with E-state index < -0.39 is 6.10 Å². The van der Waals surface area contributed by atoms with E-state index in [4.69, 9.17) is 9.47 Å². The third-order valence-corrected chi connectivity index (χ3v) is 3.71. The van der Waals surface area contributed by atoms with E-state index in [1.807, 2.05) is 30.3 Å². The van der Waals surface area contributed by atoms with Crippen LogP contribution in [0.5, 0.6) is 5.75 Å². The summed E-state index contributed by atoms with van der Waals surface area (Å²) in [7, 11) is 0. The molecule has 0 aliphatic carbocycles. The molecule has 0 spiro atoms. The van der Waals surface area contributed by atoms with Crippen LogP contribution in [0.1, 0.15) is 32.3 Å². The number of carbonyl (C=O) groups excluding carboxylic acids is 1. The van der Waals surface area contributed by atoms with Gasteiger partial charge in [0.1, 0.15) is 18.5 Å². The Morgan fingerprint density at radius 3 is 2.76 bits per heavy atom. The molecule has 1 aromatic rings. The predicted molar refractivity (Wildman–Crippen MR) is 99.8 cm³/mol. The highest BCUT2D eigenvalue weighted by molar-refractivity contribution is 5.69. The van der Waals surface area contributed by atoms with Crippen molar-refractivity contribution >= 4 is 5.97 Å². The Morgan fingerprint density at radius 1 is 1.32 bits per heavy atom. The molecule has 5 heteroatoms. The van der Waals surface area contributed by atoms with Crippen molar-refractivity contribution in [1.29, 1.82) is 0 Å². The number of rotatable bonds is 13. The fraction of sp³-hybridized carbons (Fsp3) is 0.550. The van der Waals surface area contributed by atoms with Gasteiger partial charge in [-0.15, -0.1) is 6.58 Å². The van der Waals surface area contributed by atoms with E-state index in [0.717, 1.165) is 30.7 Å². The Balaban J connectivity index is 2.47. The molecule has 0 aliphatic heterocycles. The van der Waals surface area contributed by atoms with Crippen molar-refractivity contribution in [3.8, 4) is 5.75 Å². The Morgan fingerprint density at radius 2 is 2.08 bits per heavy atom.